The standard InChI is InChI=1S/C11H17NO4/c1-3-11(13)16-7-6-14-4-5-15-9-10(2)8-12/h3,10H,1,4-7,9H2,2H3. The summed E-state index contributed by atoms with van der Waals surface area (Å²) in [6.45, 7) is 6.85. The summed E-state index contributed by atoms with van der Waals surface area (Å²) in [7, 11) is 0. The van der Waals surface area contributed by atoms with Crippen LogP contribution in [0.15, 0.2) is 12.7 Å². The van der Waals surface area contributed by atoms with Gasteiger partial charge in [0.25, 0.3) is 0 Å². The van der Waals surface area contributed by atoms with Gasteiger partial charge in [-0.05, 0) is 6.92 Å². The number of nitriles is 1. The van der Waals surface area contributed by atoms with Crippen molar-refractivity contribution in [3.05, 3.63) is 12.7 Å². The van der Waals surface area contributed by atoms with Crippen LogP contribution in [0.5, 0.6) is 0 Å². The van der Waals surface area contributed by atoms with Crippen molar-refractivity contribution in [1.29, 1.82) is 5.26 Å². The van der Waals surface area contributed by atoms with Crippen LogP contribution >= 0.6 is 0 Å². The average Bonchev–Trinajstić information content (AvgIpc) is 2.31. The summed E-state index contributed by atoms with van der Waals surface area (Å²) in [6, 6.07) is 2.06. The third-order valence-electron chi connectivity index (χ3n) is 1.60. The minimum Gasteiger partial charge on any atom is -0.460 e. The molecule has 0 N–H and O–H groups in total. The molecule has 0 saturated carbocycles. The van der Waals surface area contributed by atoms with Gasteiger partial charge in [0.1, 0.15) is 6.61 Å². The number of rotatable bonds is 9. The minimum atomic E-state index is -0.456. The number of hydrogen-bond donors (Lipinski definition) is 0. The van der Waals surface area contributed by atoms with Crippen molar-refractivity contribution in [2.45, 2.75) is 6.92 Å². The molecule has 1 unspecified atom stereocenters. The Morgan fingerprint density at radius 2 is 2.00 bits per heavy atom. The maximum atomic E-state index is 10.6. The fraction of sp³-hybridized carbons (Fsp3) is 0.636. The van der Waals surface area contributed by atoms with Crippen LogP contribution in [0.4, 0.5) is 0 Å². The Balaban J connectivity index is 3.13. The first kappa shape index (κ1) is 14.6. The van der Waals surface area contributed by atoms with Crippen LogP contribution in [0.3, 0.4) is 0 Å². The molecule has 0 bridgehead atoms. The van der Waals surface area contributed by atoms with Crippen molar-refractivity contribution in [2.24, 2.45) is 5.92 Å². The van der Waals surface area contributed by atoms with E-state index in [2.05, 4.69) is 17.4 Å². The molecular weight excluding hydrogens is 210 g/mol. The van der Waals surface area contributed by atoms with E-state index in [9.17, 15) is 4.79 Å². The number of nitrogens with zero attached hydrogens (tertiary/aromatic N) is 1. The lowest BCUT2D eigenvalue weighted by Gasteiger charge is -2.06. The maximum Gasteiger partial charge on any atom is 0.330 e. The third kappa shape index (κ3) is 9.19. The molecule has 0 aliphatic rings. The van der Waals surface area contributed by atoms with E-state index in [1.54, 1.807) is 6.92 Å². The lowest BCUT2D eigenvalue weighted by molar-refractivity contribution is -0.139. The Morgan fingerprint density at radius 3 is 2.62 bits per heavy atom. The topological polar surface area (TPSA) is 68.6 Å². The van der Waals surface area contributed by atoms with Gasteiger partial charge in [-0.2, -0.15) is 5.26 Å². The molecule has 0 aliphatic heterocycles. The van der Waals surface area contributed by atoms with Crippen molar-refractivity contribution in [3.63, 3.8) is 0 Å². The fourth-order valence-electron chi connectivity index (χ4n) is 0.777. The fourth-order valence-corrected chi connectivity index (χ4v) is 0.777. The van der Waals surface area contributed by atoms with E-state index in [1.807, 2.05) is 0 Å². The molecule has 0 saturated heterocycles. The monoisotopic (exact) mass is 227 g/mol. The highest BCUT2D eigenvalue weighted by molar-refractivity contribution is 5.81. The van der Waals surface area contributed by atoms with Crippen LogP contribution in [0, 0.1) is 17.2 Å². The molecule has 5 nitrogen and oxygen atoms in total. The van der Waals surface area contributed by atoms with Crippen LogP contribution in [0.1, 0.15) is 6.92 Å². The molecule has 1 atom stereocenters. The van der Waals surface area contributed by atoms with Crippen LogP contribution in [-0.4, -0.2) is 39.0 Å². The molecule has 16 heavy (non-hydrogen) atoms. The van der Waals surface area contributed by atoms with E-state index in [0.717, 1.165) is 6.08 Å². The first-order valence-corrected chi connectivity index (χ1v) is 5.05. The molecule has 0 amide bonds. The van der Waals surface area contributed by atoms with Gasteiger partial charge in [0.2, 0.25) is 0 Å². The van der Waals surface area contributed by atoms with Gasteiger partial charge in [0.15, 0.2) is 0 Å². The second-order valence-corrected chi connectivity index (χ2v) is 3.09. The molecule has 0 aromatic carbocycles. The van der Waals surface area contributed by atoms with E-state index < -0.39 is 5.97 Å². The highest BCUT2D eigenvalue weighted by atomic mass is 16.6. The van der Waals surface area contributed by atoms with Gasteiger partial charge in [0, 0.05) is 6.08 Å². The van der Waals surface area contributed by atoms with E-state index in [0.29, 0.717) is 26.4 Å². The molecule has 5 heteroatoms. The van der Waals surface area contributed by atoms with E-state index in [1.165, 1.54) is 0 Å². The SMILES string of the molecule is C=CC(=O)OCCOCCOCC(C)C#N. The summed E-state index contributed by atoms with van der Waals surface area (Å²) < 4.78 is 15.0. The quantitative estimate of drug-likeness (QED) is 0.332. The largest absolute Gasteiger partial charge is 0.460 e. The van der Waals surface area contributed by atoms with Crippen molar-refractivity contribution in [1.82, 2.24) is 0 Å². The van der Waals surface area contributed by atoms with Crippen LogP contribution in [0.25, 0.3) is 0 Å². The zero-order valence-electron chi connectivity index (χ0n) is 9.48. The van der Waals surface area contributed by atoms with Gasteiger partial charge in [-0.15, -0.1) is 0 Å². The van der Waals surface area contributed by atoms with Gasteiger partial charge >= 0.3 is 5.97 Å². The second-order valence-electron chi connectivity index (χ2n) is 3.09. The smallest absolute Gasteiger partial charge is 0.330 e. The van der Waals surface area contributed by atoms with Crippen LogP contribution in [-0.2, 0) is 19.0 Å². The molecule has 0 aliphatic carbocycles. The van der Waals surface area contributed by atoms with Crippen LogP contribution < -0.4 is 0 Å². The summed E-state index contributed by atoms with van der Waals surface area (Å²) in [5.41, 5.74) is 0. The normalized spacial score (nSPS) is 11.5. The van der Waals surface area contributed by atoms with Gasteiger partial charge in [0.05, 0.1) is 38.4 Å². The first-order chi connectivity index (χ1) is 7.70. The Kier molecular flexibility index (Phi) is 9.27. The lowest BCUT2D eigenvalue weighted by atomic mass is 10.2. The van der Waals surface area contributed by atoms with Gasteiger partial charge in [-0.3, -0.25) is 0 Å². The second kappa shape index (κ2) is 10.1. The molecule has 0 fully saturated rings. The highest BCUT2D eigenvalue weighted by Gasteiger charge is 1.98. The predicted molar refractivity (Wildman–Crippen MR) is 57.6 cm³/mol. The Morgan fingerprint density at radius 1 is 1.38 bits per heavy atom. The predicted octanol–water partition coefficient (Wildman–Crippen LogP) is 0.908. The average molecular weight is 227 g/mol. The van der Waals surface area contributed by atoms with E-state index >= 15 is 0 Å². The number of carbonyl (C=O) groups excluding carboxylic acids is 1. The zero-order valence-corrected chi connectivity index (χ0v) is 9.48. The molecule has 0 spiro atoms. The van der Waals surface area contributed by atoms with E-state index in [4.69, 9.17) is 14.7 Å². The molecule has 0 radical (unpaired) electrons. The van der Waals surface area contributed by atoms with Gasteiger partial charge in [-0.25, -0.2) is 4.79 Å². The number of carbonyl (C=O) groups is 1. The van der Waals surface area contributed by atoms with E-state index in [-0.39, 0.29) is 12.5 Å². The molecule has 90 valence electrons. The first-order valence-electron chi connectivity index (χ1n) is 5.05. The Labute approximate surface area is 95.6 Å². The summed E-state index contributed by atoms with van der Waals surface area (Å²) in [5.74, 6) is -0.559. The summed E-state index contributed by atoms with van der Waals surface area (Å²) in [6.07, 6.45) is 1.10. The van der Waals surface area contributed by atoms with Crippen LogP contribution in [0.2, 0.25) is 0 Å². The van der Waals surface area contributed by atoms with Gasteiger partial charge in [-0.1, -0.05) is 6.58 Å². The molecule has 0 heterocycles. The maximum absolute atomic E-state index is 10.6. The molecule has 0 rings (SSSR count). The molecule has 0 aromatic heterocycles. The number of hydrogen-bond acceptors (Lipinski definition) is 5. The van der Waals surface area contributed by atoms with Crippen molar-refractivity contribution < 1.29 is 19.0 Å². The third-order valence-corrected chi connectivity index (χ3v) is 1.60. The van der Waals surface area contributed by atoms with Crippen molar-refractivity contribution >= 4 is 5.97 Å². The Bertz CT molecular complexity index is 247. The molecular formula is C11H17NO4. The highest BCUT2D eigenvalue weighted by Crippen LogP contribution is 1.92. The number of esters is 1. The zero-order chi connectivity index (χ0) is 12.2. The minimum absolute atomic E-state index is 0.103. The summed E-state index contributed by atoms with van der Waals surface area (Å²) in [5, 5.41) is 8.47. The lowest BCUT2D eigenvalue weighted by Crippen LogP contribution is -2.13. The Hall–Kier alpha value is -1.38. The summed E-state index contributed by atoms with van der Waals surface area (Å²) in [4.78, 5) is 10.6. The van der Waals surface area contributed by atoms with Crippen molar-refractivity contribution in [3.8, 4) is 6.07 Å². The van der Waals surface area contributed by atoms with Gasteiger partial charge < -0.3 is 14.2 Å². The number of ether oxygens (including phenoxy) is 3. The molecule has 0 aromatic rings. The summed E-state index contributed by atoms with van der Waals surface area (Å²) >= 11 is 0. The van der Waals surface area contributed by atoms with Crippen molar-refractivity contribution in [2.75, 3.05) is 33.0 Å².